The number of hydrogen-bond acceptors (Lipinski definition) is 6. The first kappa shape index (κ1) is 10.5. The van der Waals surface area contributed by atoms with Crippen LogP contribution in [0.1, 0.15) is 20.0 Å². The van der Waals surface area contributed by atoms with E-state index in [2.05, 4.69) is 9.11 Å². The quantitative estimate of drug-likeness (QED) is 0.747. The molecule has 0 fully saturated rings. The van der Waals surface area contributed by atoms with Crippen LogP contribution >= 0.6 is 11.5 Å². The van der Waals surface area contributed by atoms with Gasteiger partial charge >= 0.3 is 11.9 Å². The lowest BCUT2D eigenvalue weighted by molar-refractivity contribution is 0.0581. The number of hydrogen-bond donors (Lipinski definition) is 1. The van der Waals surface area contributed by atoms with Gasteiger partial charge in [-0.3, -0.25) is 0 Å². The monoisotopic (exact) mass is 217 g/mol. The molecule has 0 aliphatic rings. The van der Waals surface area contributed by atoms with Crippen LogP contribution in [0.15, 0.2) is 0 Å². The molecule has 1 aromatic rings. The highest BCUT2D eigenvalue weighted by Gasteiger charge is 2.26. The number of carboxylic acids is 1. The Balaban J connectivity index is 3.26. The molecule has 1 rings (SSSR count). The number of aromatic nitrogens is 1. The number of ether oxygens (including phenoxy) is 2. The van der Waals surface area contributed by atoms with Gasteiger partial charge in [-0.25, -0.2) is 9.59 Å². The molecule has 0 aliphatic heterocycles. The van der Waals surface area contributed by atoms with Gasteiger partial charge in [0.15, 0.2) is 4.88 Å². The largest absolute Gasteiger partial charge is 0.480 e. The molecular formula is C7H7NO5S. The van der Waals surface area contributed by atoms with Gasteiger partial charge in [-0.2, -0.15) is 4.37 Å². The highest BCUT2D eigenvalue weighted by atomic mass is 32.1. The van der Waals surface area contributed by atoms with E-state index in [4.69, 9.17) is 9.84 Å². The summed E-state index contributed by atoms with van der Waals surface area (Å²) in [6.07, 6.45) is 0. The first-order valence-corrected chi connectivity index (χ1v) is 4.24. The minimum absolute atomic E-state index is 0.0285. The van der Waals surface area contributed by atoms with Gasteiger partial charge in [-0.1, -0.05) is 0 Å². The van der Waals surface area contributed by atoms with Gasteiger partial charge in [0.25, 0.3) is 0 Å². The number of methoxy groups -OCH3 is 2. The summed E-state index contributed by atoms with van der Waals surface area (Å²) in [6.45, 7) is 0. The molecule has 7 heteroatoms. The SMILES string of the molecule is COC(=O)c1c(OC)nsc1C(=O)O. The van der Waals surface area contributed by atoms with E-state index in [1.165, 1.54) is 7.11 Å². The molecule has 76 valence electrons. The maximum absolute atomic E-state index is 11.2. The molecule has 1 heterocycles. The van der Waals surface area contributed by atoms with Crippen LogP contribution in [0.3, 0.4) is 0 Å². The Morgan fingerprint density at radius 2 is 2.07 bits per heavy atom. The van der Waals surface area contributed by atoms with E-state index < -0.39 is 11.9 Å². The summed E-state index contributed by atoms with van der Waals surface area (Å²) in [5, 5.41) is 8.73. The van der Waals surface area contributed by atoms with Crippen LogP contribution in [0.5, 0.6) is 5.88 Å². The van der Waals surface area contributed by atoms with Crippen molar-refractivity contribution in [2.75, 3.05) is 14.2 Å². The summed E-state index contributed by atoms with van der Waals surface area (Å²) in [5.74, 6) is -2.03. The van der Waals surface area contributed by atoms with Crippen molar-refractivity contribution in [3.63, 3.8) is 0 Å². The minimum atomic E-state index is -1.23. The Hall–Kier alpha value is -1.63. The van der Waals surface area contributed by atoms with E-state index in [9.17, 15) is 9.59 Å². The lowest BCUT2D eigenvalue weighted by atomic mass is 10.2. The van der Waals surface area contributed by atoms with Gasteiger partial charge in [0.1, 0.15) is 5.56 Å². The fourth-order valence-electron chi connectivity index (χ4n) is 0.843. The molecule has 0 atom stereocenters. The predicted octanol–water partition coefficient (Wildman–Crippen LogP) is 0.636. The van der Waals surface area contributed by atoms with Gasteiger partial charge < -0.3 is 14.6 Å². The second kappa shape index (κ2) is 4.05. The molecule has 6 nitrogen and oxygen atoms in total. The second-order valence-electron chi connectivity index (χ2n) is 2.19. The predicted molar refractivity (Wildman–Crippen MR) is 47.0 cm³/mol. The van der Waals surface area contributed by atoms with Crippen LogP contribution in [0.25, 0.3) is 0 Å². The zero-order valence-corrected chi connectivity index (χ0v) is 8.25. The third kappa shape index (κ3) is 1.67. The molecule has 1 N–H and O–H groups in total. The van der Waals surface area contributed by atoms with Crippen molar-refractivity contribution in [3.8, 4) is 5.88 Å². The third-order valence-corrected chi connectivity index (χ3v) is 2.26. The maximum Gasteiger partial charge on any atom is 0.348 e. The van der Waals surface area contributed by atoms with Crippen molar-refractivity contribution >= 4 is 23.5 Å². The molecule has 0 spiro atoms. The molecule has 1 aromatic heterocycles. The molecule has 14 heavy (non-hydrogen) atoms. The van der Waals surface area contributed by atoms with Gasteiger partial charge in [0, 0.05) is 0 Å². The number of carbonyl (C=O) groups is 2. The summed E-state index contributed by atoms with van der Waals surface area (Å²) in [4.78, 5) is 21.7. The van der Waals surface area contributed by atoms with Crippen LogP contribution in [-0.4, -0.2) is 35.6 Å². The zero-order valence-electron chi connectivity index (χ0n) is 7.44. The van der Waals surface area contributed by atoms with E-state index in [1.54, 1.807) is 0 Å². The van der Waals surface area contributed by atoms with Crippen LogP contribution in [-0.2, 0) is 4.74 Å². The summed E-state index contributed by atoms with van der Waals surface area (Å²) in [5.41, 5.74) is -0.146. The number of carbonyl (C=O) groups excluding carboxylic acids is 1. The molecule has 0 saturated heterocycles. The Kier molecular flexibility index (Phi) is 3.03. The number of nitrogens with zero attached hydrogens (tertiary/aromatic N) is 1. The number of rotatable bonds is 3. The van der Waals surface area contributed by atoms with Crippen molar-refractivity contribution in [1.82, 2.24) is 4.37 Å². The standard InChI is InChI=1S/C7H7NO5S/c1-12-5-3(7(11)13-2)4(6(9)10)14-8-5/h1-2H3,(H,9,10). The Morgan fingerprint density at radius 3 is 2.50 bits per heavy atom. The Morgan fingerprint density at radius 1 is 1.43 bits per heavy atom. The van der Waals surface area contributed by atoms with Crippen molar-refractivity contribution in [2.45, 2.75) is 0 Å². The smallest absolute Gasteiger partial charge is 0.348 e. The summed E-state index contributed by atoms with van der Waals surface area (Å²) >= 11 is 0.677. The van der Waals surface area contributed by atoms with Crippen LogP contribution in [0.2, 0.25) is 0 Å². The molecule has 0 bridgehead atoms. The number of carboxylic acid groups (broad SMARTS) is 1. The first-order chi connectivity index (χ1) is 6.61. The van der Waals surface area contributed by atoms with E-state index in [0.29, 0.717) is 11.5 Å². The fraction of sp³-hybridized carbons (Fsp3) is 0.286. The maximum atomic E-state index is 11.2. The molecular weight excluding hydrogens is 210 g/mol. The van der Waals surface area contributed by atoms with Crippen molar-refractivity contribution in [2.24, 2.45) is 0 Å². The average Bonchev–Trinajstić information content (AvgIpc) is 2.59. The van der Waals surface area contributed by atoms with E-state index in [1.807, 2.05) is 0 Å². The van der Waals surface area contributed by atoms with E-state index in [0.717, 1.165) is 7.11 Å². The lowest BCUT2D eigenvalue weighted by Crippen LogP contribution is -2.08. The topological polar surface area (TPSA) is 85.7 Å². The highest BCUT2D eigenvalue weighted by molar-refractivity contribution is 7.08. The molecule has 0 radical (unpaired) electrons. The van der Waals surface area contributed by atoms with Gasteiger partial charge in [-0.05, 0) is 11.5 Å². The second-order valence-corrected chi connectivity index (χ2v) is 2.97. The molecule has 0 aliphatic carbocycles. The Labute approximate surface area is 83.2 Å². The van der Waals surface area contributed by atoms with E-state index in [-0.39, 0.29) is 16.3 Å². The molecule has 0 saturated carbocycles. The molecule has 0 unspecified atom stereocenters. The third-order valence-electron chi connectivity index (χ3n) is 1.44. The van der Waals surface area contributed by atoms with Crippen molar-refractivity contribution in [3.05, 3.63) is 10.4 Å². The highest BCUT2D eigenvalue weighted by Crippen LogP contribution is 2.25. The normalized spacial score (nSPS) is 9.57. The van der Waals surface area contributed by atoms with Crippen molar-refractivity contribution < 1.29 is 24.2 Å². The van der Waals surface area contributed by atoms with Crippen LogP contribution < -0.4 is 4.74 Å². The van der Waals surface area contributed by atoms with Crippen molar-refractivity contribution in [1.29, 1.82) is 0 Å². The first-order valence-electron chi connectivity index (χ1n) is 3.47. The van der Waals surface area contributed by atoms with Gasteiger partial charge in [0.2, 0.25) is 5.88 Å². The summed E-state index contributed by atoms with van der Waals surface area (Å²) in [7, 11) is 2.46. The van der Waals surface area contributed by atoms with E-state index >= 15 is 0 Å². The molecule has 0 aromatic carbocycles. The van der Waals surface area contributed by atoms with Gasteiger partial charge in [-0.15, -0.1) is 0 Å². The number of esters is 1. The minimum Gasteiger partial charge on any atom is -0.480 e. The summed E-state index contributed by atoms with van der Waals surface area (Å²) < 4.78 is 12.8. The lowest BCUT2D eigenvalue weighted by Gasteiger charge is -1.99. The average molecular weight is 217 g/mol. The summed E-state index contributed by atoms with van der Waals surface area (Å²) in [6, 6.07) is 0. The zero-order chi connectivity index (χ0) is 10.7. The fourth-order valence-corrected chi connectivity index (χ4v) is 1.52. The Bertz CT molecular complexity index is 372. The van der Waals surface area contributed by atoms with Gasteiger partial charge in [0.05, 0.1) is 14.2 Å². The van der Waals surface area contributed by atoms with Crippen LogP contribution in [0, 0.1) is 0 Å². The van der Waals surface area contributed by atoms with Crippen LogP contribution in [0.4, 0.5) is 0 Å². The molecule has 0 amide bonds. The number of aromatic carboxylic acids is 1.